The van der Waals surface area contributed by atoms with Gasteiger partial charge in [0.2, 0.25) is 0 Å². The molecule has 3 heterocycles. The lowest BCUT2D eigenvalue weighted by Gasteiger charge is -2.14. The lowest BCUT2D eigenvalue weighted by Crippen LogP contribution is -2.28. The van der Waals surface area contributed by atoms with Crippen molar-refractivity contribution in [3.63, 3.8) is 0 Å². The summed E-state index contributed by atoms with van der Waals surface area (Å²) in [5.41, 5.74) is 7.84. The fraction of sp³-hybridized carbons (Fsp3) is 0.286. The van der Waals surface area contributed by atoms with Crippen LogP contribution < -0.4 is 15.8 Å². The number of carbonyl (C=O) groups excluding carboxylic acids is 1. The van der Waals surface area contributed by atoms with E-state index in [2.05, 4.69) is 25.2 Å². The van der Waals surface area contributed by atoms with Crippen molar-refractivity contribution >= 4 is 22.8 Å². The third-order valence-electron chi connectivity index (χ3n) is 4.91. The number of hydrogen-bond acceptors (Lipinski definition) is 4. The van der Waals surface area contributed by atoms with Crippen LogP contribution in [0.1, 0.15) is 28.9 Å². The van der Waals surface area contributed by atoms with Crippen LogP contribution in [-0.2, 0) is 6.54 Å². The Labute approximate surface area is 168 Å². The number of aliphatic imine (C=N–C) groups is 1. The SMILES string of the molecule is CNC(N)=NC(=O)c1cc2ccc(Oc3cncc(CN4CCCC4)c3)cc2[nH]1. The summed E-state index contributed by atoms with van der Waals surface area (Å²) in [4.78, 5) is 25.7. The van der Waals surface area contributed by atoms with Gasteiger partial charge in [-0.05, 0) is 55.8 Å². The van der Waals surface area contributed by atoms with E-state index in [1.807, 2.05) is 30.5 Å². The number of aromatic amines is 1. The van der Waals surface area contributed by atoms with E-state index >= 15 is 0 Å². The number of amides is 1. The molecule has 0 saturated carbocycles. The van der Waals surface area contributed by atoms with Gasteiger partial charge in [-0.15, -0.1) is 0 Å². The van der Waals surface area contributed by atoms with E-state index < -0.39 is 5.91 Å². The molecule has 1 amide bonds. The Bertz CT molecular complexity index is 1050. The van der Waals surface area contributed by atoms with Gasteiger partial charge < -0.3 is 20.8 Å². The number of nitrogens with two attached hydrogens (primary N) is 1. The normalized spacial score (nSPS) is 15.0. The summed E-state index contributed by atoms with van der Waals surface area (Å²) in [6, 6.07) is 9.37. The number of benzene rings is 1. The Morgan fingerprint density at radius 2 is 2.07 bits per heavy atom. The Hall–Kier alpha value is -3.39. The molecule has 8 nitrogen and oxygen atoms in total. The first-order chi connectivity index (χ1) is 14.1. The third kappa shape index (κ3) is 4.55. The highest BCUT2D eigenvalue weighted by atomic mass is 16.5. The summed E-state index contributed by atoms with van der Waals surface area (Å²) in [6.45, 7) is 3.17. The number of aromatic nitrogens is 2. The Morgan fingerprint density at radius 3 is 2.86 bits per heavy atom. The molecule has 1 saturated heterocycles. The Morgan fingerprint density at radius 1 is 1.24 bits per heavy atom. The molecule has 1 aromatic carbocycles. The molecule has 29 heavy (non-hydrogen) atoms. The first kappa shape index (κ1) is 18.9. The first-order valence-electron chi connectivity index (χ1n) is 9.64. The van der Waals surface area contributed by atoms with Crippen LogP contribution in [0.2, 0.25) is 0 Å². The topological polar surface area (TPSA) is 109 Å². The second kappa shape index (κ2) is 8.32. The van der Waals surface area contributed by atoms with Crippen LogP contribution in [0.4, 0.5) is 0 Å². The van der Waals surface area contributed by atoms with Crippen LogP contribution in [0.3, 0.4) is 0 Å². The smallest absolute Gasteiger partial charge is 0.296 e. The molecule has 2 aromatic heterocycles. The predicted molar refractivity (Wildman–Crippen MR) is 112 cm³/mol. The van der Waals surface area contributed by atoms with E-state index in [9.17, 15) is 4.79 Å². The zero-order valence-corrected chi connectivity index (χ0v) is 16.3. The summed E-state index contributed by atoms with van der Waals surface area (Å²) in [5, 5.41) is 3.52. The standard InChI is InChI=1S/C21H24N6O2/c1-23-21(22)26-20(28)19-9-15-4-5-16(10-18(15)25-19)29-17-8-14(11-24-12-17)13-27-6-2-3-7-27/h4-5,8-12,25H,2-3,6-7,13H2,1H3,(H3,22,23,26,28). The lowest BCUT2D eigenvalue weighted by molar-refractivity contribution is 0.0998. The number of pyridine rings is 1. The number of ether oxygens (including phenoxy) is 1. The quantitative estimate of drug-likeness (QED) is 0.455. The fourth-order valence-corrected chi connectivity index (χ4v) is 3.45. The number of guanidine groups is 1. The van der Waals surface area contributed by atoms with Crippen molar-refractivity contribution in [3.8, 4) is 11.5 Å². The van der Waals surface area contributed by atoms with Crippen LogP contribution in [-0.4, -0.2) is 46.9 Å². The van der Waals surface area contributed by atoms with Crippen molar-refractivity contribution in [1.82, 2.24) is 20.2 Å². The zero-order chi connectivity index (χ0) is 20.2. The van der Waals surface area contributed by atoms with Crippen LogP contribution in [0, 0.1) is 0 Å². The zero-order valence-electron chi connectivity index (χ0n) is 16.3. The van der Waals surface area contributed by atoms with Crippen molar-refractivity contribution in [2.24, 2.45) is 10.7 Å². The van der Waals surface area contributed by atoms with Crippen LogP contribution in [0.25, 0.3) is 10.9 Å². The number of fused-ring (bicyclic) bond motifs is 1. The minimum atomic E-state index is -0.436. The Balaban J connectivity index is 1.50. The number of likely N-dealkylation sites (tertiary alicyclic amines) is 1. The first-order valence-corrected chi connectivity index (χ1v) is 9.64. The number of hydrogen-bond donors (Lipinski definition) is 3. The maximum absolute atomic E-state index is 12.2. The average molecular weight is 392 g/mol. The van der Waals surface area contributed by atoms with Gasteiger partial charge in [-0.2, -0.15) is 4.99 Å². The number of rotatable bonds is 5. The third-order valence-corrected chi connectivity index (χ3v) is 4.91. The maximum atomic E-state index is 12.2. The van der Waals surface area contributed by atoms with E-state index in [-0.39, 0.29) is 5.96 Å². The summed E-state index contributed by atoms with van der Waals surface area (Å²) in [6.07, 6.45) is 6.11. The fourth-order valence-electron chi connectivity index (χ4n) is 3.45. The van der Waals surface area contributed by atoms with Gasteiger partial charge in [0.25, 0.3) is 5.91 Å². The molecular weight excluding hydrogens is 368 g/mol. The molecule has 0 spiro atoms. The van der Waals surface area contributed by atoms with E-state index in [0.29, 0.717) is 17.2 Å². The average Bonchev–Trinajstić information content (AvgIpc) is 3.37. The number of carbonyl (C=O) groups is 1. The molecule has 0 atom stereocenters. The molecule has 1 aliphatic rings. The second-order valence-corrected chi connectivity index (χ2v) is 7.10. The minimum Gasteiger partial charge on any atom is -0.456 e. The predicted octanol–water partition coefficient (Wildman–Crippen LogP) is 2.63. The second-order valence-electron chi connectivity index (χ2n) is 7.10. The van der Waals surface area contributed by atoms with E-state index in [1.54, 1.807) is 19.3 Å². The maximum Gasteiger partial charge on any atom is 0.296 e. The largest absolute Gasteiger partial charge is 0.456 e. The summed E-state index contributed by atoms with van der Waals surface area (Å²) < 4.78 is 6.00. The molecule has 8 heteroatoms. The van der Waals surface area contributed by atoms with Crippen molar-refractivity contribution in [2.75, 3.05) is 20.1 Å². The molecular formula is C21H24N6O2. The Kier molecular flexibility index (Phi) is 5.44. The summed E-state index contributed by atoms with van der Waals surface area (Å²) in [5.74, 6) is 0.986. The molecule has 4 N–H and O–H groups in total. The molecule has 3 aromatic rings. The van der Waals surface area contributed by atoms with E-state index in [1.165, 1.54) is 12.8 Å². The molecule has 0 unspecified atom stereocenters. The monoisotopic (exact) mass is 392 g/mol. The van der Waals surface area contributed by atoms with Gasteiger partial charge in [-0.1, -0.05) is 0 Å². The highest BCUT2D eigenvalue weighted by Gasteiger charge is 2.13. The highest BCUT2D eigenvalue weighted by molar-refractivity contribution is 6.04. The van der Waals surface area contributed by atoms with Crippen molar-refractivity contribution in [1.29, 1.82) is 0 Å². The number of H-pyrrole nitrogens is 1. The van der Waals surface area contributed by atoms with Gasteiger partial charge in [0.15, 0.2) is 5.96 Å². The number of nitrogens with one attached hydrogen (secondary N) is 2. The van der Waals surface area contributed by atoms with E-state index in [4.69, 9.17) is 10.5 Å². The van der Waals surface area contributed by atoms with Gasteiger partial charge in [-0.25, -0.2) is 0 Å². The summed E-state index contributed by atoms with van der Waals surface area (Å²) >= 11 is 0. The molecule has 1 aliphatic heterocycles. The molecule has 150 valence electrons. The summed E-state index contributed by atoms with van der Waals surface area (Å²) in [7, 11) is 1.61. The van der Waals surface area contributed by atoms with Gasteiger partial charge in [0.05, 0.1) is 6.20 Å². The van der Waals surface area contributed by atoms with Crippen LogP contribution in [0.15, 0.2) is 47.7 Å². The molecule has 1 fully saturated rings. The van der Waals surface area contributed by atoms with E-state index in [0.717, 1.165) is 36.1 Å². The molecule has 4 rings (SSSR count). The van der Waals surface area contributed by atoms with Gasteiger partial charge in [0, 0.05) is 36.8 Å². The van der Waals surface area contributed by atoms with Crippen molar-refractivity contribution in [3.05, 3.63) is 54.0 Å². The van der Waals surface area contributed by atoms with Crippen LogP contribution >= 0.6 is 0 Å². The number of nitrogens with zero attached hydrogens (tertiary/aromatic N) is 3. The van der Waals surface area contributed by atoms with Crippen molar-refractivity contribution < 1.29 is 9.53 Å². The van der Waals surface area contributed by atoms with Crippen molar-refractivity contribution in [2.45, 2.75) is 19.4 Å². The highest BCUT2D eigenvalue weighted by Crippen LogP contribution is 2.27. The van der Waals surface area contributed by atoms with Gasteiger partial charge in [-0.3, -0.25) is 14.7 Å². The molecule has 0 radical (unpaired) electrons. The molecule has 0 bridgehead atoms. The lowest BCUT2D eigenvalue weighted by atomic mass is 10.2. The minimum absolute atomic E-state index is 0.0685. The van der Waals surface area contributed by atoms with Crippen LogP contribution in [0.5, 0.6) is 11.5 Å². The van der Waals surface area contributed by atoms with Gasteiger partial charge >= 0.3 is 0 Å². The van der Waals surface area contributed by atoms with Gasteiger partial charge in [0.1, 0.15) is 17.2 Å². The molecule has 0 aliphatic carbocycles.